The number of rotatable bonds is 4. The van der Waals surface area contributed by atoms with E-state index in [1.54, 1.807) is 24.4 Å². The molecular formula is C23H19FN2O2. The molecule has 140 valence electrons. The summed E-state index contributed by atoms with van der Waals surface area (Å²) in [4.78, 5) is 15.9. The van der Waals surface area contributed by atoms with Gasteiger partial charge in [0.05, 0.1) is 23.9 Å². The van der Waals surface area contributed by atoms with Crippen molar-refractivity contribution in [3.8, 4) is 11.3 Å². The largest absolute Gasteiger partial charge is 0.465 e. The molecule has 2 aromatic heterocycles. The van der Waals surface area contributed by atoms with E-state index < -0.39 is 0 Å². The van der Waals surface area contributed by atoms with Crippen LogP contribution in [0.3, 0.4) is 0 Å². The van der Waals surface area contributed by atoms with E-state index in [0.29, 0.717) is 12.1 Å². The van der Waals surface area contributed by atoms with Crippen molar-refractivity contribution >= 4 is 16.9 Å². The van der Waals surface area contributed by atoms with Gasteiger partial charge in [-0.3, -0.25) is 4.98 Å². The van der Waals surface area contributed by atoms with E-state index in [4.69, 9.17) is 4.74 Å². The van der Waals surface area contributed by atoms with Crippen LogP contribution in [-0.2, 0) is 11.3 Å². The maximum atomic E-state index is 14.0. The van der Waals surface area contributed by atoms with E-state index in [1.807, 2.05) is 43.5 Å². The lowest BCUT2D eigenvalue weighted by Gasteiger charge is -2.12. The van der Waals surface area contributed by atoms with Crippen molar-refractivity contribution in [1.29, 1.82) is 0 Å². The summed E-state index contributed by atoms with van der Waals surface area (Å²) in [6.07, 6.45) is 3.55. The molecule has 0 aliphatic rings. The molecule has 0 unspecified atom stereocenters. The van der Waals surface area contributed by atoms with E-state index in [9.17, 15) is 9.18 Å². The number of aromatic nitrogens is 2. The molecule has 0 fully saturated rings. The topological polar surface area (TPSA) is 44.1 Å². The lowest BCUT2D eigenvalue weighted by atomic mass is 10.1. The Bertz CT molecular complexity index is 1150. The fourth-order valence-corrected chi connectivity index (χ4v) is 3.58. The number of hydrogen-bond donors (Lipinski definition) is 0. The summed E-state index contributed by atoms with van der Waals surface area (Å²) in [5, 5.41) is 1.01. The Hall–Kier alpha value is -3.47. The van der Waals surface area contributed by atoms with Gasteiger partial charge in [0.2, 0.25) is 0 Å². The van der Waals surface area contributed by atoms with Gasteiger partial charge >= 0.3 is 5.97 Å². The Morgan fingerprint density at radius 2 is 1.93 bits per heavy atom. The minimum absolute atomic E-state index is 0.273. The molecule has 0 amide bonds. The zero-order chi connectivity index (χ0) is 19.7. The lowest BCUT2D eigenvalue weighted by molar-refractivity contribution is 0.0600. The van der Waals surface area contributed by atoms with Crippen molar-refractivity contribution < 1.29 is 13.9 Å². The Morgan fingerprint density at radius 3 is 2.61 bits per heavy atom. The third-order valence-electron chi connectivity index (χ3n) is 4.93. The number of nitrogens with zero attached hydrogens (tertiary/aromatic N) is 2. The van der Waals surface area contributed by atoms with Gasteiger partial charge in [0.1, 0.15) is 5.82 Å². The Balaban J connectivity index is 1.85. The van der Waals surface area contributed by atoms with Crippen molar-refractivity contribution in [2.24, 2.45) is 0 Å². The number of pyridine rings is 1. The molecule has 28 heavy (non-hydrogen) atoms. The summed E-state index contributed by atoms with van der Waals surface area (Å²) >= 11 is 0. The maximum absolute atomic E-state index is 14.0. The van der Waals surface area contributed by atoms with Crippen molar-refractivity contribution in [3.63, 3.8) is 0 Å². The van der Waals surface area contributed by atoms with Gasteiger partial charge < -0.3 is 9.30 Å². The van der Waals surface area contributed by atoms with E-state index in [-0.39, 0.29) is 11.8 Å². The Kier molecular flexibility index (Phi) is 4.65. The third kappa shape index (κ3) is 3.16. The number of ether oxygens (including phenoxy) is 1. The summed E-state index contributed by atoms with van der Waals surface area (Å²) in [6.45, 7) is 2.58. The van der Waals surface area contributed by atoms with E-state index in [2.05, 4.69) is 9.55 Å². The molecule has 0 aliphatic heterocycles. The second-order valence-electron chi connectivity index (χ2n) is 6.65. The standard InChI is InChI=1S/C23H19FN2O2/c1-15-20-10-9-19(24)12-21(20)26(22(15)18-4-3-11-25-13-18)14-16-5-7-17(8-6-16)23(27)28-2/h3-13H,14H2,1-2H3. The summed E-state index contributed by atoms with van der Waals surface area (Å²) < 4.78 is 20.9. The van der Waals surface area contributed by atoms with Gasteiger partial charge in [0, 0.05) is 29.9 Å². The highest BCUT2D eigenvalue weighted by atomic mass is 19.1. The first-order chi connectivity index (χ1) is 13.6. The predicted octanol–water partition coefficient (Wildman–Crippen LogP) is 4.99. The average molecular weight is 374 g/mol. The number of methoxy groups -OCH3 is 1. The van der Waals surface area contributed by atoms with Crippen molar-refractivity contribution in [3.05, 3.63) is 89.5 Å². The van der Waals surface area contributed by atoms with Crippen molar-refractivity contribution in [2.75, 3.05) is 7.11 Å². The quantitative estimate of drug-likeness (QED) is 0.473. The second kappa shape index (κ2) is 7.27. The number of aryl methyl sites for hydroxylation is 1. The van der Waals surface area contributed by atoms with Crippen LogP contribution in [0.4, 0.5) is 4.39 Å². The zero-order valence-electron chi connectivity index (χ0n) is 15.6. The predicted molar refractivity (Wildman–Crippen MR) is 107 cm³/mol. The summed E-state index contributed by atoms with van der Waals surface area (Å²) in [5.74, 6) is -0.642. The highest BCUT2D eigenvalue weighted by molar-refractivity contribution is 5.92. The van der Waals surface area contributed by atoms with Crippen LogP contribution >= 0.6 is 0 Å². The lowest BCUT2D eigenvalue weighted by Crippen LogP contribution is -2.04. The number of fused-ring (bicyclic) bond motifs is 1. The van der Waals surface area contributed by atoms with Gasteiger partial charge in [-0.1, -0.05) is 12.1 Å². The monoisotopic (exact) mass is 374 g/mol. The summed E-state index contributed by atoms with van der Waals surface area (Å²) in [5.41, 5.74) is 5.38. The fourth-order valence-electron chi connectivity index (χ4n) is 3.58. The first-order valence-corrected chi connectivity index (χ1v) is 8.94. The van der Waals surface area contributed by atoms with Crippen LogP contribution in [0.25, 0.3) is 22.2 Å². The van der Waals surface area contributed by atoms with Gasteiger partial charge in [0.25, 0.3) is 0 Å². The number of halogens is 1. The number of esters is 1. The Labute approximate surface area is 162 Å². The fraction of sp³-hybridized carbons (Fsp3) is 0.130. The SMILES string of the molecule is COC(=O)c1ccc(Cn2c(-c3cccnc3)c(C)c3ccc(F)cc32)cc1. The van der Waals surface area contributed by atoms with E-state index in [1.165, 1.54) is 13.2 Å². The van der Waals surface area contributed by atoms with Gasteiger partial charge in [0.15, 0.2) is 0 Å². The van der Waals surface area contributed by atoms with E-state index in [0.717, 1.165) is 33.3 Å². The molecule has 0 aliphatic carbocycles. The number of hydrogen-bond acceptors (Lipinski definition) is 3. The van der Waals surface area contributed by atoms with Crippen LogP contribution in [0.15, 0.2) is 67.0 Å². The van der Waals surface area contributed by atoms with Gasteiger partial charge in [-0.25, -0.2) is 9.18 Å². The summed E-state index contributed by atoms with van der Waals surface area (Å²) in [7, 11) is 1.36. The van der Waals surface area contributed by atoms with Crippen molar-refractivity contribution in [1.82, 2.24) is 9.55 Å². The smallest absolute Gasteiger partial charge is 0.337 e. The molecule has 0 bridgehead atoms. The van der Waals surface area contributed by atoms with Gasteiger partial charge in [-0.05, 0) is 60.5 Å². The van der Waals surface area contributed by atoms with Crippen LogP contribution in [0.1, 0.15) is 21.5 Å². The molecule has 4 rings (SSSR count). The number of benzene rings is 2. The Morgan fingerprint density at radius 1 is 1.14 bits per heavy atom. The first-order valence-electron chi connectivity index (χ1n) is 8.94. The van der Waals surface area contributed by atoms with Gasteiger partial charge in [-0.15, -0.1) is 0 Å². The molecule has 0 N–H and O–H groups in total. The molecule has 0 spiro atoms. The molecule has 0 saturated carbocycles. The van der Waals surface area contributed by atoms with Gasteiger partial charge in [-0.2, -0.15) is 0 Å². The molecule has 5 heteroatoms. The van der Waals surface area contributed by atoms with Crippen LogP contribution in [0.5, 0.6) is 0 Å². The third-order valence-corrected chi connectivity index (χ3v) is 4.93. The van der Waals surface area contributed by atoms with Crippen molar-refractivity contribution in [2.45, 2.75) is 13.5 Å². The van der Waals surface area contributed by atoms with Crippen LogP contribution in [0.2, 0.25) is 0 Å². The minimum Gasteiger partial charge on any atom is -0.465 e. The molecule has 0 saturated heterocycles. The molecule has 0 radical (unpaired) electrons. The maximum Gasteiger partial charge on any atom is 0.337 e. The normalized spacial score (nSPS) is 11.0. The molecule has 2 aromatic carbocycles. The number of carbonyl (C=O) groups excluding carboxylic acids is 1. The molecule has 4 nitrogen and oxygen atoms in total. The highest BCUT2D eigenvalue weighted by Gasteiger charge is 2.17. The zero-order valence-corrected chi connectivity index (χ0v) is 15.6. The van der Waals surface area contributed by atoms with E-state index >= 15 is 0 Å². The molecule has 4 aromatic rings. The highest BCUT2D eigenvalue weighted by Crippen LogP contribution is 2.34. The molecule has 0 atom stereocenters. The van der Waals surface area contributed by atoms with Crippen LogP contribution in [0, 0.1) is 12.7 Å². The van der Waals surface area contributed by atoms with Crippen LogP contribution in [-0.4, -0.2) is 22.6 Å². The minimum atomic E-state index is -0.369. The second-order valence-corrected chi connectivity index (χ2v) is 6.65. The first kappa shape index (κ1) is 17.9. The number of carbonyl (C=O) groups is 1. The average Bonchev–Trinajstić information content (AvgIpc) is 2.99. The summed E-state index contributed by atoms with van der Waals surface area (Å²) in [6, 6.07) is 16.0. The molecule has 2 heterocycles. The van der Waals surface area contributed by atoms with Crippen LogP contribution < -0.4 is 0 Å². The molecular weight excluding hydrogens is 355 g/mol.